The van der Waals surface area contributed by atoms with E-state index in [9.17, 15) is 4.79 Å². The van der Waals surface area contributed by atoms with Gasteiger partial charge in [-0.25, -0.2) is 0 Å². The van der Waals surface area contributed by atoms with Crippen molar-refractivity contribution in [3.8, 4) is 0 Å². The molecular formula is C18H27N3O. The molecule has 1 aliphatic rings. The summed E-state index contributed by atoms with van der Waals surface area (Å²) in [5.74, 6) is -0.0192. The third kappa shape index (κ3) is 3.96. The van der Waals surface area contributed by atoms with Gasteiger partial charge in [0.25, 0.3) is 0 Å². The highest BCUT2D eigenvalue weighted by atomic mass is 16.2. The molecule has 120 valence electrons. The van der Waals surface area contributed by atoms with Crippen LogP contribution in [-0.4, -0.2) is 31.1 Å². The lowest BCUT2D eigenvalue weighted by molar-refractivity contribution is -0.127. The summed E-state index contributed by atoms with van der Waals surface area (Å²) in [4.78, 5) is 12.3. The number of carbonyl (C=O) groups excluding carboxylic acids is 1. The maximum atomic E-state index is 12.3. The van der Waals surface area contributed by atoms with E-state index >= 15 is 0 Å². The smallest absolute Gasteiger partial charge is 0.240 e. The Morgan fingerprint density at radius 1 is 1.36 bits per heavy atom. The quantitative estimate of drug-likeness (QED) is 0.779. The maximum Gasteiger partial charge on any atom is 0.240 e. The Hall–Kier alpha value is -1.65. The van der Waals surface area contributed by atoms with Crippen LogP contribution in [-0.2, 0) is 4.79 Å². The zero-order valence-corrected chi connectivity index (χ0v) is 13.6. The number of piperidine rings is 1. The lowest BCUT2D eigenvalue weighted by atomic mass is 9.88. The van der Waals surface area contributed by atoms with Crippen molar-refractivity contribution in [1.29, 1.82) is 0 Å². The van der Waals surface area contributed by atoms with Crippen LogP contribution >= 0.6 is 0 Å². The van der Waals surface area contributed by atoms with Crippen LogP contribution < -0.4 is 16.4 Å². The number of nitrogens with two attached hydrogens (primary N) is 1. The molecule has 0 radical (unpaired) electrons. The Labute approximate surface area is 133 Å². The normalized spacial score (nSPS) is 18.0. The topological polar surface area (TPSA) is 67.2 Å². The number of aryl methyl sites for hydroxylation is 1. The van der Waals surface area contributed by atoms with Crippen LogP contribution in [0.4, 0.5) is 0 Å². The minimum absolute atomic E-state index is 0.0192. The van der Waals surface area contributed by atoms with Crippen molar-refractivity contribution in [2.45, 2.75) is 38.6 Å². The Kier molecular flexibility index (Phi) is 5.75. The highest BCUT2D eigenvalue weighted by Crippen LogP contribution is 2.21. The highest BCUT2D eigenvalue weighted by Gasteiger charge is 2.34. The summed E-state index contributed by atoms with van der Waals surface area (Å²) < 4.78 is 0. The molecule has 1 aromatic carbocycles. The molecule has 0 aromatic heterocycles. The van der Waals surface area contributed by atoms with E-state index in [1.165, 1.54) is 16.7 Å². The summed E-state index contributed by atoms with van der Waals surface area (Å²) in [7, 11) is 0. The van der Waals surface area contributed by atoms with Crippen molar-refractivity contribution in [3.63, 3.8) is 0 Å². The van der Waals surface area contributed by atoms with Crippen molar-refractivity contribution < 1.29 is 4.79 Å². The zero-order valence-electron chi connectivity index (χ0n) is 13.6. The molecule has 1 amide bonds. The van der Waals surface area contributed by atoms with E-state index in [1.54, 1.807) is 0 Å². The molecule has 0 bridgehead atoms. The van der Waals surface area contributed by atoms with Gasteiger partial charge in [0.05, 0.1) is 5.54 Å². The number of amides is 1. The van der Waals surface area contributed by atoms with Crippen LogP contribution in [0.3, 0.4) is 0 Å². The van der Waals surface area contributed by atoms with Crippen molar-refractivity contribution in [3.05, 3.63) is 41.5 Å². The average molecular weight is 301 g/mol. The fraction of sp³-hybridized carbons (Fsp3) is 0.500. The fourth-order valence-corrected chi connectivity index (χ4v) is 2.95. The van der Waals surface area contributed by atoms with Gasteiger partial charge < -0.3 is 16.4 Å². The summed E-state index contributed by atoms with van der Waals surface area (Å²) >= 11 is 0. The first-order valence-electron chi connectivity index (χ1n) is 8.06. The Morgan fingerprint density at radius 2 is 2.05 bits per heavy atom. The predicted molar refractivity (Wildman–Crippen MR) is 91.5 cm³/mol. The van der Waals surface area contributed by atoms with Crippen LogP contribution in [0.1, 0.15) is 37.3 Å². The molecule has 4 N–H and O–H groups in total. The summed E-state index contributed by atoms with van der Waals surface area (Å²) in [6.07, 6.45) is 4.35. The maximum absolute atomic E-state index is 12.3. The monoisotopic (exact) mass is 301 g/mol. The number of benzene rings is 1. The van der Waals surface area contributed by atoms with Gasteiger partial charge in [0, 0.05) is 6.54 Å². The van der Waals surface area contributed by atoms with E-state index in [0.717, 1.165) is 19.5 Å². The number of nitrogens with one attached hydrogen (secondary N) is 2. The molecule has 22 heavy (non-hydrogen) atoms. The van der Waals surface area contributed by atoms with Crippen LogP contribution in [0.15, 0.2) is 30.3 Å². The largest absolute Gasteiger partial charge is 0.354 e. The standard InChI is InChI=1S/C18H27N3O/c1-3-15(16-7-5-4-6-14(16)2)8-11-21-17(22)18(19)9-12-20-13-10-18/h3-7,20H,8-13,19H2,1-2H3,(H,21,22)/b15-3-. The zero-order chi connectivity index (χ0) is 16.0. The van der Waals surface area contributed by atoms with E-state index < -0.39 is 5.54 Å². The summed E-state index contributed by atoms with van der Waals surface area (Å²) in [5, 5.41) is 6.25. The van der Waals surface area contributed by atoms with Crippen LogP contribution in [0.2, 0.25) is 0 Å². The van der Waals surface area contributed by atoms with Crippen LogP contribution in [0, 0.1) is 6.92 Å². The molecule has 1 fully saturated rings. The minimum atomic E-state index is -0.704. The number of rotatable bonds is 5. The van der Waals surface area contributed by atoms with Gasteiger partial charge in [-0.15, -0.1) is 0 Å². The van der Waals surface area contributed by atoms with Crippen molar-refractivity contribution in [1.82, 2.24) is 10.6 Å². The van der Waals surface area contributed by atoms with Gasteiger partial charge in [-0.3, -0.25) is 4.79 Å². The molecule has 2 rings (SSSR count). The SMILES string of the molecule is C/C=C(/CCNC(=O)C1(N)CCNCC1)c1ccccc1C. The van der Waals surface area contributed by atoms with Gasteiger partial charge in [0.1, 0.15) is 0 Å². The van der Waals surface area contributed by atoms with Gasteiger partial charge in [-0.1, -0.05) is 30.3 Å². The molecule has 1 heterocycles. The molecule has 0 atom stereocenters. The summed E-state index contributed by atoms with van der Waals surface area (Å²) in [6.45, 7) is 6.40. The Balaban J connectivity index is 1.89. The Morgan fingerprint density at radius 3 is 2.68 bits per heavy atom. The third-order valence-corrected chi connectivity index (χ3v) is 4.47. The summed E-state index contributed by atoms with van der Waals surface area (Å²) in [5.41, 5.74) is 9.29. The van der Waals surface area contributed by atoms with Crippen molar-refractivity contribution in [2.24, 2.45) is 5.73 Å². The fourth-order valence-electron chi connectivity index (χ4n) is 2.95. The molecule has 4 heteroatoms. The van der Waals surface area contributed by atoms with Gasteiger partial charge in [-0.2, -0.15) is 0 Å². The van der Waals surface area contributed by atoms with Gasteiger partial charge in [0.2, 0.25) is 5.91 Å². The molecule has 0 spiro atoms. The van der Waals surface area contributed by atoms with Crippen molar-refractivity contribution in [2.75, 3.05) is 19.6 Å². The second-order valence-corrected chi connectivity index (χ2v) is 6.04. The van der Waals surface area contributed by atoms with E-state index in [2.05, 4.69) is 35.8 Å². The van der Waals surface area contributed by atoms with Gasteiger partial charge in [0.15, 0.2) is 0 Å². The molecule has 0 aliphatic carbocycles. The molecule has 1 aliphatic heterocycles. The first-order chi connectivity index (χ1) is 10.6. The molecule has 0 saturated carbocycles. The lowest BCUT2D eigenvalue weighted by Crippen LogP contribution is -2.59. The van der Waals surface area contributed by atoms with Gasteiger partial charge in [-0.05, 0) is 62.9 Å². The Bertz CT molecular complexity index is 545. The molecule has 1 saturated heterocycles. The van der Waals surface area contributed by atoms with Gasteiger partial charge >= 0.3 is 0 Å². The van der Waals surface area contributed by atoms with E-state index in [-0.39, 0.29) is 5.91 Å². The first-order valence-corrected chi connectivity index (χ1v) is 8.06. The number of allylic oxidation sites excluding steroid dienone is 1. The predicted octanol–water partition coefficient (Wildman–Crippen LogP) is 1.99. The average Bonchev–Trinajstić information content (AvgIpc) is 2.53. The summed E-state index contributed by atoms with van der Waals surface area (Å²) in [6, 6.07) is 8.34. The third-order valence-electron chi connectivity index (χ3n) is 4.47. The van der Waals surface area contributed by atoms with E-state index in [4.69, 9.17) is 5.73 Å². The van der Waals surface area contributed by atoms with Crippen LogP contribution in [0.25, 0.3) is 5.57 Å². The minimum Gasteiger partial charge on any atom is -0.354 e. The molecular weight excluding hydrogens is 274 g/mol. The lowest BCUT2D eigenvalue weighted by Gasteiger charge is -2.32. The second kappa shape index (κ2) is 7.56. The molecule has 0 unspecified atom stereocenters. The molecule has 1 aromatic rings. The number of carbonyl (C=O) groups is 1. The number of hydrogen-bond acceptors (Lipinski definition) is 3. The molecule has 4 nitrogen and oxygen atoms in total. The second-order valence-electron chi connectivity index (χ2n) is 6.04. The van der Waals surface area contributed by atoms with E-state index in [1.807, 2.05) is 19.1 Å². The number of hydrogen-bond donors (Lipinski definition) is 3. The van der Waals surface area contributed by atoms with Crippen LogP contribution in [0.5, 0.6) is 0 Å². The highest BCUT2D eigenvalue weighted by molar-refractivity contribution is 5.86. The first kappa shape index (κ1) is 16.7. The van der Waals surface area contributed by atoms with Crippen molar-refractivity contribution >= 4 is 11.5 Å². The van der Waals surface area contributed by atoms with E-state index in [0.29, 0.717) is 19.4 Å².